The number of nitrogens with zero attached hydrogens (tertiary/aromatic N) is 1. The number of likely N-dealkylation sites (N-methyl/N-ethyl adjacent to an activating group) is 1. The molecule has 0 spiro atoms. The number of amides is 2. The highest BCUT2D eigenvalue weighted by molar-refractivity contribution is 5.89. The van der Waals surface area contributed by atoms with Crippen LogP contribution in [0.5, 0.6) is 5.75 Å². The molecule has 0 bridgehead atoms. The van der Waals surface area contributed by atoms with Gasteiger partial charge >= 0.3 is 6.03 Å². The zero-order chi connectivity index (χ0) is 17.8. The summed E-state index contributed by atoms with van der Waals surface area (Å²) in [5.41, 5.74) is 2.34. The minimum Gasteiger partial charge on any atom is -0.493 e. The molecule has 0 fully saturated rings. The normalized spacial score (nSPS) is 14.2. The average molecular weight is 344 g/mol. The standard InChI is InChI=1S/C19H21FN2O3/c1-22(12-17(23)13-4-6-15(20)7-5-13)19(24)21-16-8-9-18-14(11-16)3-2-10-25-18/h4-9,11,17,23H,2-3,10,12H2,1H3,(H,21,24)/t17-/m1/s1. The van der Waals surface area contributed by atoms with Gasteiger partial charge in [-0.05, 0) is 54.3 Å². The Labute approximate surface area is 146 Å². The molecule has 2 amide bonds. The summed E-state index contributed by atoms with van der Waals surface area (Å²) in [7, 11) is 1.60. The summed E-state index contributed by atoms with van der Waals surface area (Å²) in [4.78, 5) is 13.7. The van der Waals surface area contributed by atoms with Crippen LogP contribution in [0.25, 0.3) is 0 Å². The van der Waals surface area contributed by atoms with E-state index < -0.39 is 6.10 Å². The molecule has 132 valence electrons. The molecule has 0 radical (unpaired) electrons. The summed E-state index contributed by atoms with van der Waals surface area (Å²) in [5, 5.41) is 13.0. The van der Waals surface area contributed by atoms with E-state index in [1.54, 1.807) is 13.1 Å². The van der Waals surface area contributed by atoms with E-state index in [0.717, 1.165) is 30.8 Å². The van der Waals surface area contributed by atoms with Gasteiger partial charge in [-0.2, -0.15) is 0 Å². The lowest BCUT2D eigenvalue weighted by molar-refractivity contribution is 0.136. The third-order valence-electron chi connectivity index (χ3n) is 4.21. The number of benzene rings is 2. The van der Waals surface area contributed by atoms with Crippen LogP contribution in [0.15, 0.2) is 42.5 Å². The van der Waals surface area contributed by atoms with Crippen LogP contribution in [0, 0.1) is 5.82 Å². The Bertz CT molecular complexity index is 749. The zero-order valence-corrected chi connectivity index (χ0v) is 14.0. The van der Waals surface area contributed by atoms with E-state index >= 15 is 0 Å². The Balaban J connectivity index is 1.59. The Morgan fingerprint density at radius 1 is 1.32 bits per heavy atom. The Hall–Kier alpha value is -2.60. The van der Waals surface area contributed by atoms with Crippen LogP contribution in [0.3, 0.4) is 0 Å². The molecular weight excluding hydrogens is 323 g/mol. The molecule has 5 nitrogen and oxygen atoms in total. The van der Waals surface area contributed by atoms with Gasteiger partial charge in [-0.15, -0.1) is 0 Å². The van der Waals surface area contributed by atoms with Crippen LogP contribution in [0.4, 0.5) is 14.9 Å². The number of carbonyl (C=O) groups excluding carboxylic acids is 1. The number of anilines is 1. The summed E-state index contributed by atoms with van der Waals surface area (Å²) in [6, 6.07) is 10.8. The minimum absolute atomic E-state index is 0.103. The number of aryl methyl sites for hydroxylation is 1. The number of aliphatic hydroxyl groups excluding tert-OH is 1. The van der Waals surface area contributed by atoms with Gasteiger partial charge in [0.25, 0.3) is 0 Å². The van der Waals surface area contributed by atoms with Crippen LogP contribution in [-0.4, -0.2) is 36.2 Å². The van der Waals surface area contributed by atoms with E-state index in [4.69, 9.17) is 4.74 Å². The Morgan fingerprint density at radius 2 is 2.08 bits per heavy atom. The van der Waals surface area contributed by atoms with E-state index in [2.05, 4.69) is 5.32 Å². The molecule has 0 saturated heterocycles. The number of aliphatic hydroxyl groups is 1. The number of fused-ring (bicyclic) bond motifs is 1. The first-order chi connectivity index (χ1) is 12.0. The predicted octanol–water partition coefficient (Wildman–Crippen LogP) is 3.35. The Kier molecular flexibility index (Phi) is 5.19. The molecule has 6 heteroatoms. The van der Waals surface area contributed by atoms with Crippen molar-refractivity contribution in [3.63, 3.8) is 0 Å². The van der Waals surface area contributed by atoms with E-state index in [9.17, 15) is 14.3 Å². The van der Waals surface area contributed by atoms with E-state index in [0.29, 0.717) is 11.3 Å². The van der Waals surface area contributed by atoms with Gasteiger partial charge in [0, 0.05) is 12.7 Å². The summed E-state index contributed by atoms with van der Waals surface area (Å²) in [6.07, 6.45) is 1.01. The molecule has 1 aliphatic rings. The molecule has 25 heavy (non-hydrogen) atoms. The van der Waals surface area contributed by atoms with Crippen LogP contribution < -0.4 is 10.1 Å². The number of rotatable bonds is 4. The van der Waals surface area contributed by atoms with Crippen molar-refractivity contribution in [1.82, 2.24) is 4.90 Å². The molecular formula is C19H21FN2O3. The maximum absolute atomic E-state index is 12.9. The first-order valence-corrected chi connectivity index (χ1v) is 8.24. The fourth-order valence-electron chi connectivity index (χ4n) is 2.79. The molecule has 2 N–H and O–H groups in total. The van der Waals surface area contributed by atoms with Crippen LogP contribution >= 0.6 is 0 Å². The molecule has 3 rings (SSSR count). The van der Waals surface area contributed by atoms with Gasteiger partial charge in [0.15, 0.2) is 0 Å². The predicted molar refractivity (Wildman–Crippen MR) is 93.3 cm³/mol. The second-order valence-electron chi connectivity index (χ2n) is 6.15. The quantitative estimate of drug-likeness (QED) is 0.894. The monoisotopic (exact) mass is 344 g/mol. The minimum atomic E-state index is -0.881. The van der Waals surface area contributed by atoms with E-state index in [1.165, 1.54) is 29.2 Å². The summed E-state index contributed by atoms with van der Waals surface area (Å²) < 4.78 is 18.5. The van der Waals surface area contributed by atoms with Crippen molar-refractivity contribution in [2.75, 3.05) is 25.5 Å². The molecule has 2 aromatic rings. The second-order valence-corrected chi connectivity index (χ2v) is 6.15. The lowest BCUT2D eigenvalue weighted by Crippen LogP contribution is -2.34. The molecule has 1 atom stereocenters. The fraction of sp³-hybridized carbons (Fsp3) is 0.316. The highest BCUT2D eigenvalue weighted by Gasteiger charge is 2.17. The first kappa shape index (κ1) is 17.2. The molecule has 2 aromatic carbocycles. The second kappa shape index (κ2) is 7.53. The maximum Gasteiger partial charge on any atom is 0.321 e. The van der Waals surface area contributed by atoms with Gasteiger partial charge in [-0.1, -0.05) is 12.1 Å². The van der Waals surface area contributed by atoms with Gasteiger partial charge < -0.3 is 20.1 Å². The molecule has 1 heterocycles. The smallest absolute Gasteiger partial charge is 0.321 e. The van der Waals surface area contributed by atoms with Crippen molar-refractivity contribution in [1.29, 1.82) is 0 Å². The van der Waals surface area contributed by atoms with Gasteiger partial charge in [0.1, 0.15) is 11.6 Å². The third-order valence-corrected chi connectivity index (χ3v) is 4.21. The number of hydrogen-bond donors (Lipinski definition) is 2. The van der Waals surface area contributed by atoms with Crippen LogP contribution in [0.2, 0.25) is 0 Å². The van der Waals surface area contributed by atoms with Gasteiger partial charge in [0.2, 0.25) is 0 Å². The number of carbonyl (C=O) groups is 1. The first-order valence-electron chi connectivity index (χ1n) is 8.24. The van der Waals surface area contributed by atoms with Gasteiger partial charge in [-0.3, -0.25) is 0 Å². The zero-order valence-electron chi connectivity index (χ0n) is 14.0. The van der Waals surface area contributed by atoms with Crippen LogP contribution in [-0.2, 0) is 6.42 Å². The number of nitrogens with one attached hydrogen (secondary N) is 1. The fourth-order valence-corrected chi connectivity index (χ4v) is 2.79. The Morgan fingerprint density at radius 3 is 2.84 bits per heavy atom. The van der Waals surface area contributed by atoms with Crippen molar-refractivity contribution in [3.05, 3.63) is 59.4 Å². The lowest BCUT2D eigenvalue weighted by Gasteiger charge is -2.22. The summed E-state index contributed by atoms with van der Waals surface area (Å²) >= 11 is 0. The SMILES string of the molecule is CN(C[C@@H](O)c1ccc(F)cc1)C(=O)Nc1ccc2c(c1)CCCO2. The van der Waals surface area contributed by atoms with Gasteiger partial charge in [0.05, 0.1) is 19.3 Å². The summed E-state index contributed by atoms with van der Waals surface area (Å²) in [6.45, 7) is 0.828. The molecule has 0 unspecified atom stereocenters. The maximum atomic E-state index is 12.9. The molecule has 0 aliphatic carbocycles. The van der Waals surface area contributed by atoms with Gasteiger partial charge in [-0.25, -0.2) is 9.18 Å². The third kappa shape index (κ3) is 4.28. The number of ether oxygens (including phenoxy) is 1. The van der Waals surface area contributed by atoms with E-state index in [-0.39, 0.29) is 18.4 Å². The number of hydrogen-bond acceptors (Lipinski definition) is 3. The summed E-state index contributed by atoms with van der Waals surface area (Å²) in [5.74, 6) is 0.503. The largest absolute Gasteiger partial charge is 0.493 e. The average Bonchev–Trinajstić information content (AvgIpc) is 2.62. The molecule has 0 saturated carbocycles. The van der Waals surface area contributed by atoms with Crippen LogP contribution in [0.1, 0.15) is 23.7 Å². The van der Waals surface area contributed by atoms with E-state index in [1.807, 2.05) is 12.1 Å². The topological polar surface area (TPSA) is 61.8 Å². The highest BCUT2D eigenvalue weighted by atomic mass is 19.1. The number of urea groups is 1. The highest BCUT2D eigenvalue weighted by Crippen LogP contribution is 2.27. The van der Waals surface area contributed by atoms with Crippen molar-refractivity contribution < 1.29 is 19.0 Å². The molecule has 1 aliphatic heterocycles. The van der Waals surface area contributed by atoms with Crippen molar-refractivity contribution in [3.8, 4) is 5.75 Å². The van der Waals surface area contributed by atoms with Crippen molar-refractivity contribution in [2.24, 2.45) is 0 Å². The lowest BCUT2D eigenvalue weighted by atomic mass is 10.1. The van der Waals surface area contributed by atoms with Crippen molar-refractivity contribution in [2.45, 2.75) is 18.9 Å². The number of halogens is 1. The van der Waals surface area contributed by atoms with Crippen molar-refractivity contribution >= 4 is 11.7 Å². The molecule has 0 aromatic heterocycles.